The van der Waals surface area contributed by atoms with E-state index in [1.165, 1.54) is 43.7 Å². The molecule has 1 aliphatic heterocycles. The lowest BCUT2D eigenvalue weighted by atomic mass is 10.1. The van der Waals surface area contributed by atoms with E-state index in [1.807, 2.05) is 17.5 Å². The molecule has 0 bridgehead atoms. The zero-order valence-corrected chi connectivity index (χ0v) is 18.1. The molecule has 1 saturated heterocycles. The summed E-state index contributed by atoms with van der Waals surface area (Å²) < 4.78 is 0. The molecule has 0 spiro atoms. The lowest BCUT2D eigenvalue weighted by molar-refractivity contribution is 0.0957. The van der Waals surface area contributed by atoms with Crippen molar-refractivity contribution >= 4 is 47.2 Å². The number of halogens is 1. The summed E-state index contributed by atoms with van der Waals surface area (Å²) >= 11 is 1.46. The Morgan fingerprint density at radius 1 is 1.16 bits per heavy atom. The van der Waals surface area contributed by atoms with Crippen LogP contribution in [0.4, 0.5) is 0 Å². The van der Waals surface area contributed by atoms with Crippen LogP contribution >= 0.6 is 35.3 Å². The number of amides is 1. The molecule has 142 valence electrons. The molecule has 0 radical (unpaired) electrons. The second-order valence-electron chi connectivity index (χ2n) is 5.91. The molecule has 1 aliphatic rings. The normalized spacial score (nSPS) is 15.3. The quantitative estimate of drug-likeness (QED) is 0.231. The van der Waals surface area contributed by atoms with Crippen LogP contribution in [0.1, 0.15) is 35.4 Å². The van der Waals surface area contributed by atoms with Crippen molar-refractivity contribution in [3.05, 3.63) is 22.4 Å². The van der Waals surface area contributed by atoms with Crippen molar-refractivity contribution in [2.45, 2.75) is 25.7 Å². The number of hydrogen-bond acceptors (Lipinski definition) is 4. The molecule has 2 rings (SSSR count). The third kappa shape index (κ3) is 8.87. The number of carbonyl (C=O) groups excluding carboxylic acids is 1. The van der Waals surface area contributed by atoms with Crippen LogP contribution in [0.15, 0.2) is 22.5 Å². The van der Waals surface area contributed by atoms with Gasteiger partial charge < -0.3 is 20.9 Å². The summed E-state index contributed by atoms with van der Waals surface area (Å²) in [6, 6.07) is 3.73. The largest absolute Gasteiger partial charge is 0.356 e. The number of piperidine rings is 1. The lowest BCUT2D eigenvalue weighted by Crippen LogP contribution is -2.43. The van der Waals surface area contributed by atoms with Crippen LogP contribution in [0.2, 0.25) is 0 Å². The molecule has 1 amide bonds. The molecule has 1 aromatic rings. The van der Waals surface area contributed by atoms with Crippen LogP contribution < -0.4 is 16.0 Å². The van der Waals surface area contributed by atoms with Crippen LogP contribution in [-0.2, 0) is 0 Å². The van der Waals surface area contributed by atoms with Gasteiger partial charge in [-0.2, -0.15) is 0 Å². The van der Waals surface area contributed by atoms with E-state index in [0.717, 1.165) is 36.9 Å². The fourth-order valence-corrected chi connectivity index (χ4v) is 3.37. The SMILES string of the molecule is CN=C(NCCCNC(=O)c1cccs1)NCCN1CCCCC1.I. The Labute approximate surface area is 171 Å². The molecule has 6 nitrogen and oxygen atoms in total. The summed E-state index contributed by atoms with van der Waals surface area (Å²) in [4.78, 5) is 19.3. The van der Waals surface area contributed by atoms with Crippen molar-refractivity contribution in [1.29, 1.82) is 0 Å². The van der Waals surface area contributed by atoms with Gasteiger partial charge >= 0.3 is 0 Å². The Bertz CT molecular complexity index is 503. The second kappa shape index (κ2) is 13.3. The van der Waals surface area contributed by atoms with Crippen LogP contribution in [0, 0.1) is 0 Å². The number of nitrogens with zero attached hydrogens (tertiary/aromatic N) is 2. The maximum Gasteiger partial charge on any atom is 0.261 e. The summed E-state index contributed by atoms with van der Waals surface area (Å²) in [5.41, 5.74) is 0. The molecule has 0 atom stereocenters. The topological polar surface area (TPSA) is 68.8 Å². The summed E-state index contributed by atoms with van der Waals surface area (Å²) in [7, 11) is 1.79. The molecule has 0 saturated carbocycles. The number of carbonyl (C=O) groups is 1. The third-order valence-corrected chi connectivity index (χ3v) is 4.94. The monoisotopic (exact) mass is 479 g/mol. The maximum atomic E-state index is 11.8. The van der Waals surface area contributed by atoms with Crippen molar-refractivity contribution in [3.63, 3.8) is 0 Å². The highest BCUT2D eigenvalue weighted by atomic mass is 127. The minimum absolute atomic E-state index is 0. The van der Waals surface area contributed by atoms with Crippen molar-refractivity contribution in [2.24, 2.45) is 4.99 Å². The fraction of sp³-hybridized carbons (Fsp3) is 0.647. The molecule has 2 heterocycles. The van der Waals surface area contributed by atoms with Gasteiger partial charge in [0, 0.05) is 33.2 Å². The van der Waals surface area contributed by atoms with Gasteiger partial charge in [-0.15, -0.1) is 35.3 Å². The molecule has 0 unspecified atom stereocenters. The predicted molar refractivity (Wildman–Crippen MR) is 116 cm³/mol. The second-order valence-corrected chi connectivity index (χ2v) is 6.86. The fourth-order valence-electron chi connectivity index (χ4n) is 2.73. The van der Waals surface area contributed by atoms with Crippen molar-refractivity contribution in [1.82, 2.24) is 20.9 Å². The first-order valence-electron chi connectivity index (χ1n) is 8.78. The highest BCUT2D eigenvalue weighted by Crippen LogP contribution is 2.08. The van der Waals surface area contributed by atoms with E-state index < -0.39 is 0 Å². The van der Waals surface area contributed by atoms with Gasteiger partial charge in [0.25, 0.3) is 5.91 Å². The van der Waals surface area contributed by atoms with E-state index >= 15 is 0 Å². The summed E-state index contributed by atoms with van der Waals surface area (Å²) in [5.74, 6) is 0.839. The summed E-state index contributed by atoms with van der Waals surface area (Å²) in [6.07, 6.45) is 4.88. The minimum atomic E-state index is 0. The van der Waals surface area contributed by atoms with Crippen LogP contribution in [-0.4, -0.2) is 63.1 Å². The Hall–Kier alpha value is -0.870. The van der Waals surface area contributed by atoms with Gasteiger partial charge in [0.2, 0.25) is 0 Å². The number of hydrogen-bond donors (Lipinski definition) is 3. The van der Waals surface area contributed by atoms with Crippen LogP contribution in [0.5, 0.6) is 0 Å². The van der Waals surface area contributed by atoms with Gasteiger partial charge in [-0.25, -0.2) is 0 Å². The summed E-state index contributed by atoms with van der Waals surface area (Å²) in [5, 5.41) is 11.5. The van der Waals surface area contributed by atoms with E-state index in [9.17, 15) is 4.79 Å². The minimum Gasteiger partial charge on any atom is -0.356 e. The Balaban J connectivity index is 0.00000312. The van der Waals surface area contributed by atoms with Gasteiger partial charge in [-0.3, -0.25) is 9.79 Å². The van der Waals surface area contributed by atoms with E-state index in [2.05, 4.69) is 25.8 Å². The zero-order valence-electron chi connectivity index (χ0n) is 14.9. The number of nitrogens with one attached hydrogen (secondary N) is 3. The first-order chi connectivity index (χ1) is 11.8. The molecule has 3 N–H and O–H groups in total. The Morgan fingerprint density at radius 2 is 1.88 bits per heavy atom. The van der Waals surface area contributed by atoms with E-state index in [0.29, 0.717) is 6.54 Å². The molecule has 0 aromatic carbocycles. The van der Waals surface area contributed by atoms with E-state index in [4.69, 9.17) is 0 Å². The number of thiophene rings is 1. The highest BCUT2D eigenvalue weighted by Gasteiger charge is 2.09. The standard InChI is InChI=1S/C17H29N5OS.HI/c1-18-17(21-10-13-22-11-3-2-4-12-22)20-9-6-8-19-16(23)15-7-5-14-24-15;/h5,7,14H,2-4,6,8-13H2,1H3,(H,19,23)(H2,18,20,21);1H. The van der Waals surface area contributed by atoms with Crippen molar-refractivity contribution in [3.8, 4) is 0 Å². The number of aliphatic imine (C=N–C) groups is 1. The van der Waals surface area contributed by atoms with Gasteiger partial charge in [0.05, 0.1) is 4.88 Å². The first-order valence-corrected chi connectivity index (χ1v) is 9.66. The number of rotatable bonds is 8. The van der Waals surface area contributed by atoms with Crippen LogP contribution in [0.3, 0.4) is 0 Å². The van der Waals surface area contributed by atoms with Crippen LogP contribution in [0.25, 0.3) is 0 Å². The molecule has 1 aromatic heterocycles. The molecule has 1 fully saturated rings. The Kier molecular flexibility index (Phi) is 11.8. The molecular weight excluding hydrogens is 449 g/mol. The van der Waals surface area contributed by atoms with Gasteiger partial charge in [-0.1, -0.05) is 12.5 Å². The third-order valence-electron chi connectivity index (χ3n) is 4.07. The number of likely N-dealkylation sites (tertiary alicyclic amines) is 1. The first kappa shape index (κ1) is 22.2. The van der Waals surface area contributed by atoms with Gasteiger partial charge in [-0.05, 0) is 43.8 Å². The average molecular weight is 479 g/mol. The molecule has 8 heteroatoms. The molecule has 0 aliphatic carbocycles. The van der Waals surface area contributed by atoms with Gasteiger partial charge in [0.15, 0.2) is 5.96 Å². The predicted octanol–water partition coefficient (Wildman–Crippen LogP) is 2.14. The Morgan fingerprint density at radius 3 is 2.56 bits per heavy atom. The zero-order chi connectivity index (χ0) is 17.0. The van der Waals surface area contributed by atoms with E-state index in [1.54, 1.807) is 7.05 Å². The van der Waals surface area contributed by atoms with Crippen molar-refractivity contribution in [2.75, 3.05) is 46.3 Å². The number of guanidine groups is 1. The molecular formula is C17H30IN5OS. The average Bonchev–Trinajstić information content (AvgIpc) is 3.15. The smallest absolute Gasteiger partial charge is 0.261 e. The maximum absolute atomic E-state index is 11.8. The lowest BCUT2D eigenvalue weighted by Gasteiger charge is -2.26. The summed E-state index contributed by atoms with van der Waals surface area (Å²) in [6.45, 7) is 5.87. The molecule has 25 heavy (non-hydrogen) atoms. The van der Waals surface area contributed by atoms with Crippen molar-refractivity contribution < 1.29 is 4.79 Å². The van der Waals surface area contributed by atoms with E-state index in [-0.39, 0.29) is 29.9 Å². The van der Waals surface area contributed by atoms with Gasteiger partial charge in [0.1, 0.15) is 0 Å². The highest BCUT2D eigenvalue weighted by molar-refractivity contribution is 14.0.